The monoisotopic (exact) mass is 384 g/mol. The topological polar surface area (TPSA) is 124 Å². The summed E-state index contributed by atoms with van der Waals surface area (Å²) < 4.78 is 10.8. The number of aromatic amines is 1. The maximum atomic E-state index is 12.6. The molecule has 1 aromatic heterocycles. The number of carboxylic acid groups (broad SMARTS) is 1. The van der Waals surface area contributed by atoms with Gasteiger partial charge in [-0.15, -0.1) is 0 Å². The largest absolute Gasteiger partial charge is 1.00 e. The minimum Gasteiger partial charge on any atom is -0.545 e. The smallest absolute Gasteiger partial charge is 0.545 e. The van der Waals surface area contributed by atoms with E-state index in [1.165, 1.54) is 6.20 Å². The van der Waals surface area contributed by atoms with Gasteiger partial charge < -0.3 is 34.8 Å². The summed E-state index contributed by atoms with van der Waals surface area (Å²) in [6, 6.07) is 1.59. The number of fused-ring (bicyclic) bond motifs is 1. The number of aromatic nitrogens is 1. The quantitative estimate of drug-likeness (QED) is 0.315. The van der Waals surface area contributed by atoms with Crippen molar-refractivity contribution in [2.45, 2.75) is 18.8 Å². The average Bonchev–Trinajstić information content (AvgIpc) is 3.45. The Kier molecular flexibility index (Phi) is 7.69. The third-order valence-electron chi connectivity index (χ3n) is 4.37. The number of aliphatic hydroxyl groups excluding tert-OH is 1. The van der Waals surface area contributed by atoms with Crippen molar-refractivity contribution in [3.63, 3.8) is 0 Å². The molecule has 27 heavy (non-hydrogen) atoms. The van der Waals surface area contributed by atoms with Crippen LogP contribution in [0.15, 0.2) is 17.1 Å². The van der Waals surface area contributed by atoms with Crippen LogP contribution in [0.25, 0.3) is 10.9 Å². The fourth-order valence-electron chi connectivity index (χ4n) is 3.06. The summed E-state index contributed by atoms with van der Waals surface area (Å²) >= 11 is 0. The van der Waals surface area contributed by atoms with Gasteiger partial charge in [-0.3, -0.25) is 4.79 Å². The molecule has 0 spiro atoms. The van der Waals surface area contributed by atoms with Gasteiger partial charge in [-0.25, -0.2) is 0 Å². The fraction of sp³-hybridized carbons (Fsp3) is 0.444. The Labute approximate surface area is 178 Å². The normalized spacial score (nSPS) is 13.3. The first-order chi connectivity index (χ1) is 12.6. The number of carbonyl (C=O) groups excluding carboxylic acids is 1. The molecular weight excluding hydrogens is 363 g/mol. The van der Waals surface area contributed by atoms with Crippen molar-refractivity contribution < 1.29 is 54.0 Å². The Bertz CT molecular complexity index is 878. The third kappa shape index (κ3) is 4.64. The summed E-state index contributed by atoms with van der Waals surface area (Å²) in [6.07, 6.45) is 3.15. The Morgan fingerprint density at radius 1 is 1.41 bits per heavy atom. The SMILES string of the molecule is COc1c(NCCOCCO)cc2c(=O)c(C(=O)[O-])c[nH]c2c1C1CC1.[Na+]. The van der Waals surface area contributed by atoms with E-state index in [2.05, 4.69) is 10.3 Å². The number of carboxylic acids is 1. The van der Waals surface area contributed by atoms with Gasteiger partial charge in [-0.1, -0.05) is 0 Å². The van der Waals surface area contributed by atoms with Crippen molar-refractivity contribution in [1.29, 1.82) is 0 Å². The van der Waals surface area contributed by atoms with E-state index in [1.54, 1.807) is 13.2 Å². The van der Waals surface area contributed by atoms with Crippen LogP contribution in [0.5, 0.6) is 5.75 Å². The number of aromatic carboxylic acids is 1. The van der Waals surface area contributed by atoms with Crippen LogP contribution in [0.2, 0.25) is 0 Å². The molecule has 0 amide bonds. The fourth-order valence-corrected chi connectivity index (χ4v) is 3.06. The standard InChI is InChI=1S/C18H22N2O6.Na/c1-25-17-13(19-4-6-26-7-5-21)8-11-15(14(17)10-2-3-10)20-9-12(16(11)22)18(23)24;/h8-10,19,21H,2-7H2,1H3,(H,20,22)(H,23,24);/q;+1/p-1. The van der Waals surface area contributed by atoms with Crippen molar-refractivity contribution in [2.75, 3.05) is 38.8 Å². The molecule has 1 fully saturated rings. The predicted molar refractivity (Wildman–Crippen MR) is 93.8 cm³/mol. The summed E-state index contributed by atoms with van der Waals surface area (Å²) in [6.45, 7) is 1.02. The minimum atomic E-state index is -1.51. The van der Waals surface area contributed by atoms with E-state index in [0.717, 1.165) is 18.4 Å². The molecule has 3 rings (SSSR count). The van der Waals surface area contributed by atoms with Crippen LogP contribution >= 0.6 is 0 Å². The van der Waals surface area contributed by atoms with Crippen molar-refractivity contribution in [1.82, 2.24) is 4.98 Å². The second-order valence-corrected chi connectivity index (χ2v) is 6.15. The van der Waals surface area contributed by atoms with Crippen molar-refractivity contribution in [3.8, 4) is 5.75 Å². The summed E-state index contributed by atoms with van der Waals surface area (Å²) in [7, 11) is 1.56. The van der Waals surface area contributed by atoms with Crippen LogP contribution in [0.3, 0.4) is 0 Å². The summed E-state index contributed by atoms with van der Waals surface area (Å²) in [4.78, 5) is 26.7. The van der Waals surface area contributed by atoms with Gasteiger partial charge in [0.25, 0.3) is 0 Å². The molecule has 3 N–H and O–H groups in total. The predicted octanol–water partition coefficient (Wildman–Crippen LogP) is -2.80. The number of H-pyrrole nitrogens is 1. The van der Waals surface area contributed by atoms with Gasteiger partial charge >= 0.3 is 29.6 Å². The van der Waals surface area contributed by atoms with E-state index >= 15 is 0 Å². The number of aliphatic hydroxyl groups is 1. The molecule has 1 heterocycles. The molecule has 0 radical (unpaired) electrons. The number of pyridine rings is 1. The maximum Gasteiger partial charge on any atom is 1.00 e. The van der Waals surface area contributed by atoms with Gasteiger partial charge in [0, 0.05) is 23.7 Å². The molecular formula is C18H21N2NaO6. The zero-order valence-corrected chi connectivity index (χ0v) is 17.5. The second kappa shape index (κ2) is 9.57. The maximum absolute atomic E-state index is 12.6. The molecule has 1 aliphatic rings. The number of rotatable bonds is 9. The number of methoxy groups -OCH3 is 1. The van der Waals surface area contributed by atoms with Gasteiger partial charge in [0.1, 0.15) is 5.75 Å². The zero-order chi connectivity index (χ0) is 18.7. The van der Waals surface area contributed by atoms with Crippen LogP contribution in [-0.2, 0) is 4.74 Å². The molecule has 0 atom stereocenters. The van der Waals surface area contributed by atoms with Gasteiger partial charge in [-0.2, -0.15) is 0 Å². The second-order valence-electron chi connectivity index (χ2n) is 6.15. The summed E-state index contributed by atoms with van der Waals surface area (Å²) in [5.74, 6) is -0.604. The molecule has 140 valence electrons. The number of hydrogen-bond acceptors (Lipinski definition) is 7. The van der Waals surface area contributed by atoms with E-state index in [4.69, 9.17) is 14.6 Å². The van der Waals surface area contributed by atoms with Gasteiger partial charge in [0.15, 0.2) is 5.43 Å². The zero-order valence-electron chi connectivity index (χ0n) is 15.5. The molecule has 8 nitrogen and oxygen atoms in total. The Hall–Kier alpha value is -1.58. The van der Waals surface area contributed by atoms with Crippen LogP contribution in [0.1, 0.15) is 34.7 Å². The van der Waals surface area contributed by atoms with E-state index < -0.39 is 17.0 Å². The molecule has 0 aliphatic heterocycles. The van der Waals surface area contributed by atoms with Crippen molar-refractivity contribution in [2.24, 2.45) is 0 Å². The van der Waals surface area contributed by atoms with Gasteiger partial charge in [0.2, 0.25) is 0 Å². The van der Waals surface area contributed by atoms with E-state index in [0.29, 0.717) is 30.1 Å². The number of ether oxygens (including phenoxy) is 2. The molecule has 9 heteroatoms. The summed E-state index contributed by atoms with van der Waals surface area (Å²) in [5, 5.41) is 23.4. The minimum absolute atomic E-state index is 0. The van der Waals surface area contributed by atoms with E-state index in [1.807, 2.05) is 0 Å². The Balaban J connectivity index is 0.00000261. The van der Waals surface area contributed by atoms with Crippen LogP contribution < -0.4 is 50.1 Å². The molecule has 0 bridgehead atoms. The summed E-state index contributed by atoms with van der Waals surface area (Å²) in [5.41, 5.74) is 1.10. The molecule has 0 saturated heterocycles. The van der Waals surface area contributed by atoms with E-state index in [-0.39, 0.29) is 54.1 Å². The van der Waals surface area contributed by atoms with E-state index in [9.17, 15) is 14.7 Å². The van der Waals surface area contributed by atoms with Crippen molar-refractivity contribution in [3.05, 3.63) is 33.6 Å². The molecule has 1 aromatic carbocycles. The van der Waals surface area contributed by atoms with Crippen molar-refractivity contribution >= 4 is 22.6 Å². The third-order valence-corrected chi connectivity index (χ3v) is 4.37. The Morgan fingerprint density at radius 2 is 2.15 bits per heavy atom. The first-order valence-corrected chi connectivity index (χ1v) is 8.48. The average molecular weight is 384 g/mol. The van der Waals surface area contributed by atoms with Gasteiger partial charge in [0.05, 0.1) is 49.7 Å². The van der Waals surface area contributed by atoms with Gasteiger partial charge in [-0.05, 0) is 24.8 Å². The molecule has 1 saturated carbocycles. The van der Waals surface area contributed by atoms with Crippen LogP contribution in [0, 0.1) is 0 Å². The number of benzene rings is 1. The van der Waals surface area contributed by atoms with Crippen LogP contribution in [0.4, 0.5) is 5.69 Å². The number of anilines is 1. The van der Waals surface area contributed by atoms with Crippen LogP contribution in [-0.4, -0.2) is 49.5 Å². The molecule has 0 unspecified atom stereocenters. The molecule has 1 aliphatic carbocycles. The first kappa shape index (κ1) is 21.7. The number of carbonyl (C=O) groups is 1. The number of nitrogens with one attached hydrogen (secondary N) is 2. The number of hydrogen-bond donors (Lipinski definition) is 3. The molecule has 2 aromatic rings. The Morgan fingerprint density at radius 3 is 2.74 bits per heavy atom. The first-order valence-electron chi connectivity index (χ1n) is 8.48.